The summed E-state index contributed by atoms with van der Waals surface area (Å²) in [6.45, 7) is 0.843. The van der Waals surface area contributed by atoms with E-state index in [1.165, 1.54) is 11.1 Å². The summed E-state index contributed by atoms with van der Waals surface area (Å²) in [5.74, 6) is -1.24. The van der Waals surface area contributed by atoms with E-state index < -0.39 is 17.9 Å². The van der Waals surface area contributed by atoms with Gasteiger partial charge in [-0.2, -0.15) is 0 Å². The van der Waals surface area contributed by atoms with Crippen molar-refractivity contribution in [2.75, 3.05) is 18.1 Å². The number of hydrogen-bond acceptors (Lipinski definition) is 5. The van der Waals surface area contributed by atoms with Gasteiger partial charge in [0.05, 0.1) is 6.04 Å². The number of aromatic nitrogens is 1. The summed E-state index contributed by atoms with van der Waals surface area (Å²) in [5.41, 5.74) is 1.89. The Morgan fingerprint density at radius 1 is 1.06 bits per heavy atom. The molecule has 0 fully saturated rings. The summed E-state index contributed by atoms with van der Waals surface area (Å²) in [6, 6.07) is 14.4. The molecule has 2 aliphatic rings. The maximum atomic E-state index is 13.6. The number of carbonyl (C=O) groups excluding carboxylic acids is 1. The standard InChI is InChI=1S/C23H17ClN2O5/c24-19-12-14(7-8-25-19)26-21(13-5-6-17-18(11-13)31-10-9-30-17)20(23(28)29)15-3-1-2-4-16(15)22(26)27/h1-8,11-12,20-21H,9-10H2,(H,28,29)/t20-,21+/m0/s1. The Morgan fingerprint density at radius 2 is 1.84 bits per heavy atom. The van der Waals surface area contributed by atoms with Crippen molar-refractivity contribution in [3.05, 3.63) is 82.6 Å². The normalized spacial score (nSPS) is 19.6. The minimum absolute atomic E-state index is 0.206. The molecule has 1 aromatic heterocycles. The van der Waals surface area contributed by atoms with E-state index in [2.05, 4.69) is 4.98 Å². The Morgan fingerprint density at radius 3 is 2.61 bits per heavy atom. The van der Waals surface area contributed by atoms with E-state index >= 15 is 0 Å². The van der Waals surface area contributed by atoms with Crippen LogP contribution in [0.25, 0.3) is 0 Å². The molecule has 156 valence electrons. The lowest BCUT2D eigenvalue weighted by Crippen LogP contribution is -2.45. The number of fused-ring (bicyclic) bond motifs is 2. The summed E-state index contributed by atoms with van der Waals surface area (Å²) in [6.07, 6.45) is 1.49. The van der Waals surface area contributed by atoms with Gasteiger partial charge in [0.25, 0.3) is 5.91 Å². The fraction of sp³-hybridized carbons (Fsp3) is 0.174. The molecule has 2 atom stereocenters. The molecule has 0 unspecified atom stereocenters. The smallest absolute Gasteiger partial charge is 0.313 e. The molecule has 0 bridgehead atoms. The molecule has 2 aromatic carbocycles. The fourth-order valence-corrected chi connectivity index (χ4v) is 4.38. The Hall–Kier alpha value is -3.58. The van der Waals surface area contributed by atoms with Gasteiger partial charge in [-0.3, -0.25) is 14.5 Å². The first-order valence-electron chi connectivity index (χ1n) is 9.71. The molecule has 0 saturated carbocycles. The van der Waals surface area contributed by atoms with Crippen molar-refractivity contribution >= 4 is 29.2 Å². The van der Waals surface area contributed by atoms with Gasteiger partial charge < -0.3 is 14.6 Å². The third kappa shape index (κ3) is 3.27. The number of carboxylic acid groups (broad SMARTS) is 1. The van der Waals surface area contributed by atoms with Crippen molar-refractivity contribution in [1.82, 2.24) is 4.98 Å². The zero-order valence-electron chi connectivity index (χ0n) is 16.2. The molecule has 5 rings (SSSR count). The minimum atomic E-state index is -1.04. The van der Waals surface area contributed by atoms with E-state index in [4.69, 9.17) is 21.1 Å². The number of pyridine rings is 1. The van der Waals surface area contributed by atoms with Crippen LogP contribution in [0.1, 0.15) is 33.4 Å². The Kier molecular flexibility index (Phi) is 4.75. The summed E-state index contributed by atoms with van der Waals surface area (Å²) in [5, 5.41) is 10.4. The molecule has 0 saturated heterocycles. The van der Waals surface area contributed by atoms with Gasteiger partial charge in [-0.15, -0.1) is 0 Å². The number of hydrogen-bond donors (Lipinski definition) is 1. The molecule has 3 heterocycles. The molecule has 7 nitrogen and oxygen atoms in total. The number of nitrogens with zero attached hydrogens (tertiary/aromatic N) is 2. The molecule has 31 heavy (non-hydrogen) atoms. The highest BCUT2D eigenvalue weighted by Gasteiger charge is 2.45. The second kappa shape index (κ2) is 7.59. The van der Waals surface area contributed by atoms with Gasteiger partial charge >= 0.3 is 5.97 Å². The largest absolute Gasteiger partial charge is 0.486 e. The van der Waals surface area contributed by atoms with Crippen molar-refractivity contribution in [2.24, 2.45) is 0 Å². The van der Waals surface area contributed by atoms with E-state index in [0.717, 1.165) is 0 Å². The van der Waals surface area contributed by atoms with Gasteiger partial charge in [0, 0.05) is 17.4 Å². The lowest BCUT2D eigenvalue weighted by molar-refractivity contribution is -0.139. The summed E-state index contributed by atoms with van der Waals surface area (Å²) < 4.78 is 11.3. The highest BCUT2D eigenvalue weighted by atomic mass is 35.5. The third-order valence-corrected chi connectivity index (χ3v) is 5.71. The third-order valence-electron chi connectivity index (χ3n) is 5.50. The molecule has 0 aliphatic carbocycles. The Bertz CT molecular complexity index is 1200. The molecule has 0 spiro atoms. The van der Waals surface area contributed by atoms with E-state index in [0.29, 0.717) is 47.1 Å². The van der Waals surface area contributed by atoms with Crippen LogP contribution in [-0.2, 0) is 4.79 Å². The summed E-state index contributed by atoms with van der Waals surface area (Å²) >= 11 is 6.10. The number of amides is 1. The van der Waals surface area contributed by atoms with Crippen molar-refractivity contribution < 1.29 is 24.2 Å². The van der Waals surface area contributed by atoms with Crippen molar-refractivity contribution in [2.45, 2.75) is 12.0 Å². The first kappa shape index (κ1) is 19.4. The number of carboxylic acids is 1. The zero-order chi connectivity index (χ0) is 21.5. The average Bonchev–Trinajstić information content (AvgIpc) is 2.78. The predicted octanol–water partition coefficient (Wildman–Crippen LogP) is 4.08. The van der Waals surface area contributed by atoms with Crippen LogP contribution < -0.4 is 14.4 Å². The Labute approximate surface area is 182 Å². The number of carbonyl (C=O) groups is 2. The van der Waals surface area contributed by atoms with Crippen LogP contribution in [-0.4, -0.2) is 35.2 Å². The number of aliphatic carboxylic acids is 1. The summed E-state index contributed by atoms with van der Waals surface area (Å²) in [4.78, 5) is 31.6. The number of halogens is 1. The second-order valence-electron chi connectivity index (χ2n) is 7.26. The average molecular weight is 437 g/mol. The van der Waals surface area contributed by atoms with Crippen LogP contribution in [0.5, 0.6) is 11.5 Å². The van der Waals surface area contributed by atoms with Gasteiger partial charge in [0.15, 0.2) is 11.5 Å². The van der Waals surface area contributed by atoms with E-state index in [1.807, 2.05) is 0 Å². The van der Waals surface area contributed by atoms with Gasteiger partial charge in [0.2, 0.25) is 0 Å². The molecule has 3 aromatic rings. The number of anilines is 1. The topological polar surface area (TPSA) is 89.0 Å². The molecular formula is C23H17ClN2O5. The first-order valence-corrected chi connectivity index (χ1v) is 10.1. The number of ether oxygens (including phenoxy) is 2. The second-order valence-corrected chi connectivity index (χ2v) is 7.65. The SMILES string of the molecule is O=C(O)[C@H]1c2ccccc2C(=O)N(c2ccnc(Cl)c2)[C@@H]1c1ccc2c(c1)OCCO2. The molecule has 8 heteroatoms. The molecular weight excluding hydrogens is 420 g/mol. The molecule has 1 N–H and O–H groups in total. The number of benzene rings is 2. The zero-order valence-corrected chi connectivity index (χ0v) is 17.0. The van der Waals surface area contributed by atoms with Gasteiger partial charge in [-0.25, -0.2) is 4.98 Å². The van der Waals surface area contributed by atoms with Crippen LogP contribution in [0.2, 0.25) is 5.15 Å². The van der Waals surface area contributed by atoms with Gasteiger partial charge in [0.1, 0.15) is 24.3 Å². The van der Waals surface area contributed by atoms with Crippen LogP contribution in [0, 0.1) is 0 Å². The minimum Gasteiger partial charge on any atom is -0.486 e. The van der Waals surface area contributed by atoms with E-state index in [9.17, 15) is 14.7 Å². The molecule has 1 amide bonds. The highest BCUT2D eigenvalue weighted by Crippen LogP contribution is 2.47. The Balaban J connectivity index is 1.74. The quantitative estimate of drug-likeness (QED) is 0.622. The van der Waals surface area contributed by atoms with Crippen LogP contribution >= 0.6 is 11.6 Å². The number of rotatable bonds is 3. The van der Waals surface area contributed by atoms with E-state index in [-0.39, 0.29) is 11.1 Å². The van der Waals surface area contributed by atoms with Crippen molar-refractivity contribution in [3.8, 4) is 11.5 Å². The van der Waals surface area contributed by atoms with Crippen molar-refractivity contribution in [1.29, 1.82) is 0 Å². The van der Waals surface area contributed by atoms with E-state index in [1.54, 1.807) is 54.6 Å². The highest BCUT2D eigenvalue weighted by molar-refractivity contribution is 6.29. The lowest BCUT2D eigenvalue weighted by Gasteiger charge is -2.41. The van der Waals surface area contributed by atoms with Crippen LogP contribution in [0.15, 0.2) is 60.8 Å². The summed E-state index contributed by atoms with van der Waals surface area (Å²) in [7, 11) is 0. The molecule has 2 aliphatic heterocycles. The van der Waals surface area contributed by atoms with Crippen molar-refractivity contribution in [3.63, 3.8) is 0 Å². The fourth-order valence-electron chi connectivity index (χ4n) is 4.21. The maximum absolute atomic E-state index is 13.6. The lowest BCUT2D eigenvalue weighted by atomic mass is 9.79. The predicted molar refractivity (Wildman–Crippen MR) is 113 cm³/mol. The van der Waals surface area contributed by atoms with Crippen LogP contribution in [0.4, 0.5) is 5.69 Å². The molecule has 0 radical (unpaired) electrons. The van der Waals surface area contributed by atoms with Gasteiger partial charge in [-0.1, -0.05) is 35.9 Å². The maximum Gasteiger partial charge on any atom is 0.313 e. The van der Waals surface area contributed by atoms with Crippen LogP contribution in [0.3, 0.4) is 0 Å². The first-order chi connectivity index (χ1) is 15.0. The monoisotopic (exact) mass is 436 g/mol. The van der Waals surface area contributed by atoms with Gasteiger partial charge in [-0.05, 0) is 41.5 Å².